The third-order valence-electron chi connectivity index (χ3n) is 2.26. The summed E-state index contributed by atoms with van der Waals surface area (Å²) in [5.74, 6) is 0.748. The predicted octanol–water partition coefficient (Wildman–Crippen LogP) is -0.336. The van der Waals surface area contributed by atoms with Gasteiger partial charge in [0.05, 0.1) is 6.20 Å². The summed E-state index contributed by atoms with van der Waals surface area (Å²) in [4.78, 5) is 6.91. The van der Waals surface area contributed by atoms with Crippen LogP contribution in [0, 0.1) is 0 Å². The van der Waals surface area contributed by atoms with Gasteiger partial charge in [-0.2, -0.15) is 5.10 Å². The monoisotopic (exact) mass is 255 g/mol. The van der Waals surface area contributed by atoms with Gasteiger partial charge in [-0.25, -0.2) is 18.1 Å². The Morgan fingerprint density at radius 1 is 1.47 bits per heavy atom. The molecule has 2 aromatic heterocycles. The summed E-state index contributed by atoms with van der Waals surface area (Å²) in [6, 6.07) is 1.45. The van der Waals surface area contributed by atoms with Crippen LogP contribution in [0.25, 0.3) is 0 Å². The zero-order valence-corrected chi connectivity index (χ0v) is 10.1. The normalized spacial score (nSPS) is 11.8. The Balaban J connectivity index is 1.97. The van der Waals surface area contributed by atoms with Gasteiger partial charge in [-0.05, 0) is 6.07 Å². The van der Waals surface area contributed by atoms with E-state index >= 15 is 0 Å². The molecule has 0 unspecified atom stereocenters. The van der Waals surface area contributed by atoms with Gasteiger partial charge in [0.1, 0.15) is 5.82 Å². The summed E-state index contributed by atoms with van der Waals surface area (Å²) in [5.41, 5.74) is 0. The third-order valence-corrected chi connectivity index (χ3v) is 3.80. The molecule has 2 aromatic rings. The van der Waals surface area contributed by atoms with Crippen molar-refractivity contribution >= 4 is 10.0 Å². The van der Waals surface area contributed by atoms with E-state index in [1.165, 1.54) is 16.9 Å². The Morgan fingerprint density at radius 2 is 2.29 bits per heavy atom. The largest absolute Gasteiger partial charge is 0.349 e. The van der Waals surface area contributed by atoms with Crippen molar-refractivity contribution in [3.05, 3.63) is 30.5 Å². The molecular weight excluding hydrogens is 242 g/mol. The lowest BCUT2D eigenvalue weighted by Gasteiger charge is -2.05. The molecule has 0 spiro atoms. The maximum Gasteiger partial charge on any atom is 0.257 e. The average molecular weight is 255 g/mol. The quantitative estimate of drug-likeness (QED) is 0.764. The maximum absolute atomic E-state index is 11.8. The molecule has 17 heavy (non-hydrogen) atoms. The van der Waals surface area contributed by atoms with Crippen LogP contribution in [0.1, 0.15) is 5.82 Å². The molecule has 2 N–H and O–H groups in total. The molecule has 0 fully saturated rings. The molecule has 0 atom stereocenters. The van der Waals surface area contributed by atoms with Crippen LogP contribution in [-0.4, -0.2) is 34.7 Å². The Hall–Kier alpha value is -1.67. The molecule has 0 bridgehead atoms. The van der Waals surface area contributed by atoms with Crippen LogP contribution in [-0.2, 0) is 23.5 Å². The maximum atomic E-state index is 11.8. The first-order chi connectivity index (χ1) is 8.09. The highest BCUT2D eigenvalue weighted by Crippen LogP contribution is 2.05. The van der Waals surface area contributed by atoms with E-state index in [-0.39, 0.29) is 5.03 Å². The average Bonchev–Trinajstić information content (AvgIpc) is 2.88. The van der Waals surface area contributed by atoms with E-state index in [0.29, 0.717) is 13.0 Å². The van der Waals surface area contributed by atoms with Crippen molar-refractivity contribution in [2.75, 3.05) is 6.54 Å². The molecule has 0 aliphatic heterocycles. The van der Waals surface area contributed by atoms with Gasteiger partial charge in [0.25, 0.3) is 10.0 Å². The zero-order chi connectivity index (χ0) is 12.3. The molecule has 2 rings (SSSR count). The van der Waals surface area contributed by atoms with E-state index in [0.717, 1.165) is 5.82 Å². The number of rotatable bonds is 5. The highest BCUT2D eigenvalue weighted by atomic mass is 32.2. The number of nitrogens with one attached hydrogen (secondary N) is 2. The van der Waals surface area contributed by atoms with E-state index in [2.05, 4.69) is 19.8 Å². The van der Waals surface area contributed by atoms with Crippen LogP contribution in [0.3, 0.4) is 0 Å². The van der Waals surface area contributed by atoms with Gasteiger partial charge in [0.15, 0.2) is 5.03 Å². The fraction of sp³-hybridized carbons (Fsp3) is 0.333. The topological polar surface area (TPSA) is 92.7 Å². The van der Waals surface area contributed by atoms with Crippen molar-refractivity contribution in [2.24, 2.45) is 7.05 Å². The van der Waals surface area contributed by atoms with Crippen molar-refractivity contribution < 1.29 is 8.42 Å². The van der Waals surface area contributed by atoms with Crippen molar-refractivity contribution in [1.29, 1.82) is 0 Å². The second-order valence-corrected chi connectivity index (χ2v) is 5.19. The third kappa shape index (κ3) is 2.71. The number of aromatic amines is 1. The molecule has 0 radical (unpaired) electrons. The lowest BCUT2D eigenvalue weighted by molar-refractivity contribution is 0.562. The number of hydrogen-bond donors (Lipinski definition) is 2. The molecule has 7 nitrogen and oxygen atoms in total. The van der Waals surface area contributed by atoms with E-state index in [9.17, 15) is 8.42 Å². The lowest BCUT2D eigenvalue weighted by Crippen LogP contribution is -2.28. The molecule has 0 saturated carbocycles. The van der Waals surface area contributed by atoms with Crippen LogP contribution < -0.4 is 4.72 Å². The highest BCUT2D eigenvalue weighted by molar-refractivity contribution is 7.89. The first kappa shape index (κ1) is 11.8. The lowest BCUT2D eigenvalue weighted by atomic mass is 10.4. The number of aromatic nitrogens is 4. The van der Waals surface area contributed by atoms with Gasteiger partial charge in [-0.15, -0.1) is 0 Å². The summed E-state index contributed by atoms with van der Waals surface area (Å²) in [6.07, 6.45) is 5.29. The summed E-state index contributed by atoms with van der Waals surface area (Å²) < 4.78 is 27.5. The van der Waals surface area contributed by atoms with Crippen LogP contribution in [0.2, 0.25) is 0 Å². The smallest absolute Gasteiger partial charge is 0.257 e. The standard InChI is InChI=1S/C9H13N5O2S/c1-14-9(3-4-12-14)17(15,16)13-5-2-8-10-6-7-11-8/h3-4,6-7,13H,2,5H2,1H3,(H,10,11). The van der Waals surface area contributed by atoms with E-state index in [4.69, 9.17) is 0 Å². The zero-order valence-electron chi connectivity index (χ0n) is 9.29. The molecule has 2 heterocycles. The molecule has 0 aromatic carbocycles. The van der Waals surface area contributed by atoms with Crippen molar-refractivity contribution in [3.63, 3.8) is 0 Å². The van der Waals surface area contributed by atoms with Gasteiger partial charge >= 0.3 is 0 Å². The first-order valence-electron chi connectivity index (χ1n) is 5.05. The molecule has 0 amide bonds. The minimum absolute atomic E-state index is 0.150. The summed E-state index contributed by atoms with van der Waals surface area (Å²) >= 11 is 0. The summed E-state index contributed by atoms with van der Waals surface area (Å²) in [5, 5.41) is 3.97. The molecule has 8 heteroatoms. The highest BCUT2D eigenvalue weighted by Gasteiger charge is 2.16. The fourth-order valence-electron chi connectivity index (χ4n) is 1.44. The number of aryl methyl sites for hydroxylation is 1. The van der Waals surface area contributed by atoms with Gasteiger partial charge in [-0.1, -0.05) is 0 Å². The van der Waals surface area contributed by atoms with Crippen molar-refractivity contribution in [3.8, 4) is 0 Å². The summed E-state index contributed by atoms with van der Waals surface area (Å²) in [6.45, 7) is 0.293. The van der Waals surface area contributed by atoms with E-state index in [1.54, 1.807) is 19.4 Å². The van der Waals surface area contributed by atoms with E-state index in [1.807, 2.05) is 0 Å². The minimum Gasteiger partial charge on any atom is -0.349 e. The molecule has 92 valence electrons. The van der Waals surface area contributed by atoms with Gasteiger partial charge < -0.3 is 4.98 Å². The van der Waals surface area contributed by atoms with Crippen molar-refractivity contribution in [1.82, 2.24) is 24.5 Å². The number of H-pyrrole nitrogens is 1. The summed E-state index contributed by atoms with van der Waals surface area (Å²) in [7, 11) is -1.91. The fourth-order valence-corrected chi connectivity index (χ4v) is 2.59. The Labute approximate surface area is 98.9 Å². The number of sulfonamides is 1. The second-order valence-electron chi connectivity index (χ2n) is 3.48. The molecular formula is C9H13N5O2S. The molecule has 0 aliphatic rings. The predicted molar refractivity (Wildman–Crippen MR) is 60.7 cm³/mol. The molecule has 0 saturated heterocycles. The second kappa shape index (κ2) is 4.68. The van der Waals surface area contributed by atoms with Gasteiger partial charge in [0, 0.05) is 32.4 Å². The molecule has 0 aliphatic carbocycles. The van der Waals surface area contributed by atoms with Crippen LogP contribution >= 0.6 is 0 Å². The minimum atomic E-state index is -3.49. The van der Waals surface area contributed by atoms with E-state index < -0.39 is 10.0 Å². The van der Waals surface area contributed by atoms with Crippen LogP contribution in [0.4, 0.5) is 0 Å². The SMILES string of the molecule is Cn1nccc1S(=O)(=O)NCCc1ncc[nH]1. The Bertz CT molecular complexity index is 572. The number of imidazole rings is 1. The first-order valence-corrected chi connectivity index (χ1v) is 6.54. The Kier molecular flexibility index (Phi) is 3.25. The van der Waals surface area contributed by atoms with Crippen LogP contribution in [0.5, 0.6) is 0 Å². The van der Waals surface area contributed by atoms with Gasteiger partial charge in [0.2, 0.25) is 0 Å². The number of hydrogen-bond acceptors (Lipinski definition) is 4. The van der Waals surface area contributed by atoms with Crippen molar-refractivity contribution in [2.45, 2.75) is 11.4 Å². The van der Waals surface area contributed by atoms with Gasteiger partial charge in [-0.3, -0.25) is 4.68 Å². The Morgan fingerprint density at radius 3 is 2.88 bits per heavy atom. The number of nitrogens with zero attached hydrogens (tertiary/aromatic N) is 3. The van der Waals surface area contributed by atoms with Crippen LogP contribution in [0.15, 0.2) is 29.7 Å².